The molecule has 0 amide bonds. The average molecular weight is 312 g/mol. The third-order valence-corrected chi connectivity index (χ3v) is 2.62. The zero-order valence-corrected chi connectivity index (χ0v) is 13.2. The Morgan fingerprint density at radius 2 is 1.85 bits per heavy atom. The van der Waals surface area contributed by atoms with E-state index in [0.717, 1.165) is 5.56 Å². The molecule has 20 heavy (non-hydrogen) atoms. The summed E-state index contributed by atoms with van der Waals surface area (Å²) >= 11 is 0. The fourth-order valence-electron chi connectivity index (χ4n) is 1.46. The second-order valence-corrected chi connectivity index (χ2v) is 4.51. The molecule has 2 aromatic rings. The number of hydrogen-bond acceptors (Lipinski definition) is 2. The van der Waals surface area contributed by atoms with Gasteiger partial charge in [-0.15, -0.1) is 5.56 Å². The molecule has 0 aliphatic rings. The molecule has 1 unspecified atom stereocenters. The number of hydrogen-bond donors (Lipinski definition) is 0. The number of carbonyl (C=O) groups is 1. The van der Waals surface area contributed by atoms with E-state index in [2.05, 4.69) is 25.6 Å². The molecule has 108 valence electrons. The predicted molar refractivity (Wildman–Crippen MR) is 78.1 cm³/mol. The molecular formula is C17H20FeO2. The Morgan fingerprint density at radius 1 is 1.25 bits per heavy atom. The maximum atomic E-state index is 11.1. The Labute approximate surface area is 131 Å². The predicted octanol–water partition coefficient (Wildman–Crippen LogP) is 4.30. The Bertz CT molecular complexity index is 495. The van der Waals surface area contributed by atoms with Gasteiger partial charge in [0.25, 0.3) is 0 Å². The fourth-order valence-corrected chi connectivity index (χ4v) is 1.46. The van der Waals surface area contributed by atoms with Gasteiger partial charge in [-0.2, -0.15) is 29.8 Å². The first kappa shape index (κ1) is 18.4. The topological polar surface area (TPSA) is 26.3 Å². The fraction of sp³-hybridized carbons (Fsp3) is 0.235. The van der Waals surface area contributed by atoms with Crippen molar-refractivity contribution < 1.29 is 26.6 Å². The van der Waals surface area contributed by atoms with E-state index < -0.39 is 0 Å². The molecule has 3 heteroatoms. The van der Waals surface area contributed by atoms with Crippen molar-refractivity contribution in [3.63, 3.8) is 0 Å². The number of esters is 1. The van der Waals surface area contributed by atoms with Gasteiger partial charge in [-0.1, -0.05) is 13.5 Å². The van der Waals surface area contributed by atoms with Crippen molar-refractivity contribution in [3.8, 4) is 0 Å². The van der Waals surface area contributed by atoms with Crippen LogP contribution in [-0.2, 0) is 26.6 Å². The monoisotopic (exact) mass is 312 g/mol. The molecule has 0 bridgehead atoms. The van der Waals surface area contributed by atoms with Gasteiger partial charge in [-0.3, -0.25) is 0 Å². The molecule has 2 nitrogen and oxygen atoms in total. The summed E-state index contributed by atoms with van der Waals surface area (Å²) in [6, 6.07) is 15.9. The molecule has 0 aliphatic carbocycles. The molecular weight excluding hydrogens is 292 g/mol. The first-order valence-electron chi connectivity index (χ1n) is 6.27. The first-order valence-corrected chi connectivity index (χ1v) is 6.27. The van der Waals surface area contributed by atoms with Crippen LogP contribution in [-0.4, -0.2) is 5.97 Å². The van der Waals surface area contributed by atoms with Crippen LogP contribution in [0.4, 0.5) is 0 Å². The quantitative estimate of drug-likeness (QED) is 0.366. The number of carbonyl (C=O) groups excluding carboxylic acids is 1. The molecule has 0 radical (unpaired) electrons. The van der Waals surface area contributed by atoms with Crippen LogP contribution in [0.25, 0.3) is 0 Å². The second-order valence-electron chi connectivity index (χ2n) is 4.51. The number of rotatable bonds is 3. The van der Waals surface area contributed by atoms with E-state index in [-0.39, 0.29) is 29.1 Å². The number of aryl methyl sites for hydroxylation is 1. The summed E-state index contributed by atoms with van der Waals surface area (Å²) in [6.07, 6.45) is -0.195. The van der Waals surface area contributed by atoms with E-state index in [9.17, 15) is 4.79 Å². The molecule has 0 fully saturated rings. The second kappa shape index (κ2) is 9.35. The molecule has 0 saturated heterocycles. The maximum absolute atomic E-state index is 11.1. The van der Waals surface area contributed by atoms with Crippen molar-refractivity contribution in [3.05, 3.63) is 71.8 Å². The van der Waals surface area contributed by atoms with E-state index in [1.807, 2.05) is 43.3 Å². The third-order valence-electron chi connectivity index (χ3n) is 2.62. The summed E-state index contributed by atoms with van der Waals surface area (Å²) in [5, 5.41) is 0. The summed E-state index contributed by atoms with van der Waals surface area (Å²) in [4.78, 5) is 11.1. The van der Waals surface area contributed by atoms with Crippen molar-refractivity contribution in [2.45, 2.75) is 26.9 Å². The Hall–Kier alpha value is -1.57. The molecule has 0 N–H and O–H groups in total. The summed E-state index contributed by atoms with van der Waals surface area (Å²) in [7, 11) is 0. The van der Waals surface area contributed by atoms with Crippen LogP contribution in [0, 0.1) is 6.92 Å². The van der Waals surface area contributed by atoms with E-state index in [0.29, 0.717) is 5.57 Å². The SMILES string of the molecule is C=C(C)C(=O)OC(C)c1ccc[cH-]1.Cc1ccc[cH-]1.[Fe+2]. The van der Waals surface area contributed by atoms with Gasteiger partial charge in [-0.25, -0.2) is 29.1 Å². The molecule has 0 aliphatic heterocycles. The van der Waals surface area contributed by atoms with Gasteiger partial charge in [0.1, 0.15) is 6.10 Å². The van der Waals surface area contributed by atoms with Gasteiger partial charge < -0.3 is 4.74 Å². The summed E-state index contributed by atoms with van der Waals surface area (Å²) in [6.45, 7) is 9.08. The van der Waals surface area contributed by atoms with E-state index >= 15 is 0 Å². The minimum atomic E-state index is -0.339. The van der Waals surface area contributed by atoms with E-state index in [4.69, 9.17) is 4.74 Å². The van der Waals surface area contributed by atoms with Gasteiger partial charge >= 0.3 is 23.0 Å². The van der Waals surface area contributed by atoms with Crippen molar-refractivity contribution in [2.75, 3.05) is 0 Å². The van der Waals surface area contributed by atoms with E-state index in [1.165, 1.54) is 5.56 Å². The molecule has 0 heterocycles. The van der Waals surface area contributed by atoms with Crippen molar-refractivity contribution >= 4 is 5.97 Å². The normalized spacial score (nSPS) is 10.6. The summed E-state index contributed by atoms with van der Waals surface area (Å²) in [5.74, 6) is -0.339. The first-order chi connectivity index (χ1) is 9.00. The standard InChI is InChI=1S/C11H13O2.C6H7.Fe/c1-8(2)11(12)13-9(3)10-6-4-5-7-10;1-6-4-2-3-5-6;/h4-7,9H,1H2,2-3H3;2-5H,1H3;/q2*-1;+2. The van der Waals surface area contributed by atoms with Crippen LogP contribution in [0.3, 0.4) is 0 Å². The van der Waals surface area contributed by atoms with Crippen LogP contribution in [0.5, 0.6) is 0 Å². The Kier molecular flexibility index (Phi) is 8.62. The van der Waals surface area contributed by atoms with Crippen molar-refractivity contribution in [1.29, 1.82) is 0 Å². The van der Waals surface area contributed by atoms with Gasteiger partial charge in [0.15, 0.2) is 0 Å². The summed E-state index contributed by atoms with van der Waals surface area (Å²) < 4.78 is 5.12. The minimum absolute atomic E-state index is 0. The third kappa shape index (κ3) is 6.55. The molecule has 2 rings (SSSR count). The zero-order chi connectivity index (χ0) is 14.3. The van der Waals surface area contributed by atoms with Crippen molar-refractivity contribution in [2.24, 2.45) is 0 Å². The van der Waals surface area contributed by atoms with Crippen LogP contribution in [0.2, 0.25) is 0 Å². The largest absolute Gasteiger partial charge is 2.00 e. The zero-order valence-electron chi connectivity index (χ0n) is 12.1. The van der Waals surface area contributed by atoms with Crippen LogP contribution >= 0.6 is 0 Å². The number of ether oxygens (including phenoxy) is 1. The molecule has 0 saturated carbocycles. The van der Waals surface area contributed by atoms with Gasteiger partial charge in [-0.05, 0) is 13.8 Å². The molecule has 2 aromatic carbocycles. The van der Waals surface area contributed by atoms with Crippen LogP contribution in [0.15, 0.2) is 60.7 Å². The summed E-state index contributed by atoms with van der Waals surface area (Å²) in [5.41, 5.74) is 2.78. The average Bonchev–Trinajstić information content (AvgIpc) is 3.01. The van der Waals surface area contributed by atoms with E-state index in [1.54, 1.807) is 6.92 Å². The van der Waals surface area contributed by atoms with Crippen LogP contribution in [0.1, 0.15) is 31.1 Å². The minimum Gasteiger partial charge on any atom is -0.457 e. The smallest absolute Gasteiger partial charge is 0.457 e. The molecule has 0 aromatic heterocycles. The molecule has 0 spiro atoms. The van der Waals surface area contributed by atoms with Crippen LogP contribution < -0.4 is 0 Å². The van der Waals surface area contributed by atoms with Gasteiger partial charge in [0.05, 0.1) is 0 Å². The Balaban J connectivity index is 0.000000434. The molecule has 1 atom stereocenters. The van der Waals surface area contributed by atoms with Crippen molar-refractivity contribution in [1.82, 2.24) is 0 Å². The Morgan fingerprint density at radius 3 is 2.20 bits per heavy atom. The maximum Gasteiger partial charge on any atom is 2.00 e. The van der Waals surface area contributed by atoms with Gasteiger partial charge in [0.2, 0.25) is 0 Å². The van der Waals surface area contributed by atoms with Gasteiger partial charge in [0, 0.05) is 5.57 Å².